The minimum Gasteiger partial charge on any atom is -0.475 e. The third-order valence-electron chi connectivity index (χ3n) is 3.22. The number of anilines is 1. The first kappa shape index (κ1) is 12.7. The number of hydrogen-bond donors (Lipinski definition) is 1. The largest absolute Gasteiger partial charge is 0.475 e. The summed E-state index contributed by atoms with van der Waals surface area (Å²) in [6.45, 7) is 3.80. The minimum atomic E-state index is -1.12. The molecule has 0 saturated heterocycles. The first-order valence-corrected chi connectivity index (χ1v) is 5.97. The molecule has 1 aliphatic rings. The second-order valence-corrected chi connectivity index (χ2v) is 4.29. The highest BCUT2D eigenvalue weighted by molar-refractivity contribution is 5.82. The lowest BCUT2D eigenvalue weighted by atomic mass is 9.94. The number of nitrogen functional groups attached to an aromatic ring is 1. The topological polar surface area (TPSA) is 61.5 Å². The average Bonchev–Trinajstić information content (AvgIpc) is 2.75. The summed E-state index contributed by atoms with van der Waals surface area (Å²) < 4.78 is 24.5. The summed E-state index contributed by atoms with van der Waals surface area (Å²) in [5, 5.41) is 0. The maximum atomic E-state index is 13.9. The highest BCUT2D eigenvalue weighted by atomic mass is 19.1. The SMILES string of the molecule is CCOC(=O)C1(CC)Cc2c(ccc(N)c2F)O1. The number of fused-ring (bicyclic) bond motifs is 1. The average molecular weight is 253 g/mol. The number of rotatable bonds is 3. The third-order valence-corrected chi connectivity index (χ3v) is 3.22. The Balaban J connectivity index is 2.37. The number of esters is 1. The van der Waals surface area contributed by atoms with Gasteiger partial charge in [-0.05, 0) is 25.5 Å². The Morgan fingerprint density at radius 2 is 2.28 bits per heavy atom. The van der Waals surface area contributed by atoms with E-state index in [0.717, 1.165) is 0 Å². The molecule has 98 valence electrons. The molecule has 4 nitrogen and oxygen atoms in total. The van der Waals surface area contributed by atoms with Gasteiger partial charge in [0.05, 0.1) is 12.3 Å². The van der Waals surface area contributed by atoms with Crippen LogP contribution in [0.4, 0.5) is 10.1 Å². The first-order valence-electron chi connectivity index (χ1n) is 5.97. The number of hydrogen-bond acceptors (Lipinski definition) is 4. The van der Waals surface area contributed by atoms with E-state index in [4.69, 9.17) is 15.2 Å². The molecule has 1 heterocycles. The van der Waals surface area contributed by atoms with Gasteiger partial charge in [0.2, 0.25) is 5.60 Å². The Kier molecular flexibility index (Phi) is 3.15. The molecule has 0 spiro atoms. The van der Waals surface area contributed by atoms with Crippen molar-refractivity contribution in [3.05, 3.63) is 23.5 Å². The van der Waals surface area contributed by atoms with E-state index in [2.05, 4.69) is 0 Å². The predicted molar refractivity (Wildman–Crippen MR) is 64.8 cm³/mol. The van der Waals surface area contributed by atoms with Crippen molar-refractivity contribution in [1.82, 2.24) is 0 Å². The van der Waals surface area contributed by atoms with Gasteiger partial charge in [0.15, 0.2) is 5.82 Å². The van der Waals surface area contributed by atoms with Gasteiger partial charge in [-0.2, -0.15) is 0 Å². The minimum absolute atomic E-state index is 0.0631. The molecule has 1 unspecified atom stereocenters. The molecular weight excluding hydrogens is 237 g/mol. The van der Waals surface area contributed by atoms with Crippen molar-refractivity contribution in [3.63, 3.8) is 0 Å². The Morgan fingerprint density at radius 1 is 1.56 bits per heavy atom. The highest BCUT2D eigenvalue weighted by Gasteiger charge is 2.47. The molecule has 0 fully saturated rings. The number of halogens is 1. The van der Waals surface area contributed by atoms with Crippen LogP contribution in [0, 0.1) is 5.82 Å². The van der Waals surface area contributed by atoms with Crippen molar-refractivity contribution in [2.75, 3.05) is 12.3 Å². The van der Waals surface area contributed by atoms with Crippen LogP contribution in [0.3, 0.4) is 0 Å². The van der Waals surface area contributed by atoms with E-state index in [0.29, 0.717) is 17.7 Å². The zero-order valence-corrected chi connectivity index (χ0v) is 10.5. The van der Waals surface area contributed by atoms with Gasteiger partial charge in [-0.15, -0.1) is 0 Å². The van der Waals surface area contributed by atoms with E-state index in [1.165, 1.54) is 6.07 Å². The van der Waals surface area contributed by atoms with Crippen LogP contribution in [0.15, 0.2) is 12.1 Å². The molecule has 0 bridgehead atoms. The van der Waals surface area contributed by atoms with E-state index in [9.17, 15) is 9.18 Å². The van der Waals surface area contributed by atoms with Gasteiger partial charge < -0.3 is 15.2 Å². The molecule has 5 heteroatoms. The summed E-state index contributed by atoms with van der Waals surface area (Å²) >= 11 is 0. The van der Waals surface area contributed by atoms with Crippen LogP contribution < -0.4 is 10.5 Å². The molecule has 1 aromatic rings. The summed E-state index contributed by atoms with van der Waals surface area (Å²) in [7, 11) is 0. The molecular formula is C13H16FNO3. The molecule has 1 atom stereocenters. The number of benzene rings is 1. The van der Waals surface area contributed by atoms with Gasteiger partial charge in [-0.1, -0.05) is 6.92 Å². The quantitative estimate of drug-likeness (QED) is 0.661. The number of carbonyl (C=O) groups excluding carboxylic acids is 1. The zero-order chi connectivity index (χ0) is 13.3. The molecule has 0 saturated carbocycles. The lowest BCUT2D eigenvalue weighted by Crippen LogP contribution is -2.44. The molecule has 0 aliphatic carbocycles. The van der Waals surface area contributed by atoms with Crippen molar-refractivity contribution in [2.24, 2.45) is 0 Å². The summed E-state index contributed by atoms with van der Waals surface area (Å²) in [6.07, 6.45) is 0.578. The summed E-state index contributed by atoms with van der Waals surface area (Å²) in [4.78, 5) is 12.0. The first-order chi connectivity index (χ1) is 8.54. The van der Waals surface area contributed by atoms with Crippen molar-refractivity contribution in [2.45, 2.75) is 32.3 Å². The number of nitrogens with two attached hydrogens (primary N) is 1. The van der Waals surface area contributed by atoms with Crippen LogP contribution in [-0.4, -0.2) is 18.2 Å². The Hall–Kier alpha value is -1.78. The smallest absolute Gasteiger partial charge is 0.350 e. The number of carbonyl (C=O) groups is 1. The normalized spacial score (nSPS) is 21.3. The fraction of sp³-hybridized carbons (Fsp3) is 0.462. The summed E-state index contributed by atoms with van der Waals surface area (Å²) in [5.74, 6) is -0.592. The molecule has 18 heavy (non-hydrogen) atoms. The maximum Gasteiger partial charge on any atom is 0.350 e. The van der Waals surface area contributed by atoms with Gasteiger partial charge in [0.1, 0.15) is 5.75 Å². The van der Waals surface area contributed by atoms with E-state index < -0.39 is 17.4 Å². The second-order valence-electron chi connectivity index (χ2n) is 4.29. The molecule has 0 amide bonds. The lowest BCUT2D eigenvalue weighted by molar-refractivity contribution is -0.160. The van der Waals surface area contributed by atoms with Gasteiger partial charge in [-0.25, -0.2) is 9.18 Å². The van der Waals surface area contributed by atoms with Gasteiger partial charge in [0, 0.05) is 12.0 Å². The molecule has 0 radical (unpaired) electrons. The van der Waals surface area contributed by atoms with Gasteiger partial charge in [-0.3, -0.25) is 0 Å². The fourth-order valence-corrected chi connectivity index (χ4v) is 2.13. The van der Waals surface area contributed by atoms with Crippen LogP contribution in [0.5, 0.6) is 5.75 Å². The Morgan fingerprint density at radius 3 is 2.89 bits per heavy atom. The van der Waals surface area contributed by atoms with Crippen LogP contribution >= 0.6 is 0 Å². The summed E-state index contributed by atoms with van der Waals surface area (Å²) in [6, 6.07) is 3.02. The molecule has 2 N–H and O–H groups in total. The fourth-order valence-electron chi connectivity index (χ4n) is 2.13. The Bertz CT molecular complexity index is 489. The molecule has 1 aromatic carbocycles. The van der Waals surface area contributed by atoms with Gasteiger partial charge >= 0.3 is 5.97 Å². The lowest BCUT2D eigenvalue weighted by Gasteiger charge is -2.24. The maximum absolute atomic E-state index is 13.9. The highest BCUT2D eigenvalue weighted by Crippen LogP contribution is 2.40. The third kappa shape index (κ3) is 1.79. The standard InChI is InChI=1S/C13H16FNO3/c1-3-13(12(16)17-4-2)7-8-10(18-13)6-5-9(15)11(8)14/h5-6H,3-4,7,15H2,1-2H3. The van der Waals surface area contributed by atoms with Crippen LogP contribution in [-0.2, 0) is 16.0 Å². The predicted octanol–water partition coefficient (Wildman–Crippen LogP) is 2.05. The van der Waals surface area contributed by atoms with Crippen LogP contribution in [0.2, 0.25) is 0 Å². The zero-order valence-electron chi connectivity index (χ0n) is 10.5. The van der Waals surface area contributed by atoms with Crippen molar-refractivity contribution in [1.29, 1.82) is 0 Å². The van der Waals surface area contributed by atoms with E-state index >= 15 is 0 Å². The molecule has 1 aliphatic heterocycles. The Labute approximate surface area is 105 Å². The van der Waals surface area contributed by atoms with E-state index in [-0.39, 0.29) is 18.7 Å². The molecule has 0 aromatic heterocycles. The monoisotopic (exact) mass is 253 g/mol. The van der Waals surface area contributed by atoms with Crippen LogP contribution in [0.1, 0.15) is 25.8 Å². The van der Waals surface area contributed by atoms with Crippen LogP contribution in [0.25, 0.3) is 0 Å². The van der Waals surface area contributed by atoms with Crippen molar-refractivity contribution >= 4 is 11.7 Å². The van der Waals surface area contributed by atoms with E-state index in [1.807, 2.05) is 6.92 Å². The molecule has 2 rings (SSSR count). The number of ether oxygens (including phenoxy) is 2. The van der Waals surface area contributed by atoms with E-state index in [1.54, 1.807) is 13.0 Å². The van der Waals surface area contributed by atoms with Crippen molar-refractivity contribution in [3.8, 4) is 5.75 Å². The second kappa shape index (κ2) is 4.48. The van der Waals surface area contributed by atoms with Crippen molar-refractivity contribution < 1.29 is 18.7 Å². The summed E-state index contributed by atoms with van der Waals surface area (Å²) in [5.41, 5.74) is 4.81. The van der Waals surface area contributed by atoms with Gasteiger partial charge in [0.25, 0.3) is 0 Å².